The van der Waals surface area contributed by atoms with Crippen LogP contribution in [0.5, 0.6) is 0 Å². The van der Waals surface area contributed by atoms with Gasteiger partial charge in [0, 0.05) is 28.7 Å². The summed E-state index contributed by atoms with van der Waals surface area (Å²) < 4.78 is 0. The van der Waals surface area contributed by atoms with Crippen molar-refractivity contribution in [1.82, 2.24) is 0 Å². The Morgan fingerprint density at radius 1 is 0.926 bits per heavy atom. The van der Waals surface area contributed by atoms with Crippen molar-refractivity contribution in [2.24, 2.45) is 5.92 Å². The first-order chi connectivity index (χ1) is 13.0. The molecule has 0 radical (unpaired) electrons. The molecule has 1 unspecified atom stereocenters. The molecular weight excluding hydrogens is 332 g/mol. The molecule has 4 rings (SSSR count). The van der Waals surface area contributed by atoms with Gasteiger partial charge in [0.05, 0.1) is 0 Å². The Bertz CT molecular complexity index is 1020. The van der Waals surface area contributed by atoms with Gasteiger partial charge in [0.15, 0.2) is 11.6 Å². The molecule has 2 aromatic carbocycles. The van der Waals surface area contributed by atoms with Crippen LogP contribution in [0.2, 0.25) is 0 Å². The summed E-state index contributed by atoms with van der Waals surface area (Å²) in [5.41, 5.74) is 5.68. The molecule has 27 heavy (non-hydrogen) atoms. The number of Topliss-reactive ketones (excluding diaryl/α,β-unsaturated/α-hetero) is 2. The molecule has 0 saturated heterocycles. The summed E-state index contributed by atoms with van der Waals surface area (Å²) in [6.07, 6.45) is 8.23. The number of rotatable bonds is 3. The van der Waals surface area contributed by atoms with E-state index >= 15 is 0 Å². The summed E-state index contributed by atoms with van der Waals surface area (Å²) in [5.74, 6) is 0.530. The molecule has 2 heteroatoms. The first-order valence-electron chi connectivity index (χ1n) is 9.40. The van der Waals surface area contributed by atoms with Gasteiger partial charge in [0.2, 0.25) is 0 Å². The maximum Gasteiger partial charge on any atom is 0.190 e. The van der Waals surface area contributed by atoms with Crippen molar-refractivity contribution in [3.05, 3.63) is 100 Å². The van der Waals surface area contributed by atoms with Crippen LogP contribution < -0.4 is 0 Å². The highest BCUT2D eigenvalue weighted by Crippen LogP contribution is 2.29. The third kappa shape index (κ3) is 3.23. The number of allylic oxidation sites excluding steroid dienone is 6. The lowest BCUT2D eigenvalue weighted by Gasteiger charge is -2.19. The quantitative estimate of drug-likeness (QED) is 0.718. The van der Waals surface area contributed by atoms with Crippen molar-refractivity contribution >= 4 is 17.1 Å². The molecule has 0 fully saturated rings. The number of carbonyl (C=O) groups is 2. The topological polar surface area (TPSA) is 34.1 Å². The lowest BCUT2D eigenvalue weighted by Crippen LogP contribution is -2.22. The molecule has 0 spiro atoms. The molecule has 0 bridgehead atoms. The largest absolute Gasteiger partial charge is 0.289 e. The van der Waals surface area contributed by atoms with E-state index in [1.165, 1.54) is 11.1 Å². The summed E-state index contributed by atoms with van der Waals surface area (Å²) in [6.45, 7) is 3.97. The Hall–Kier alpha value is -3.00. The predicted octanol–water partition coefficient (Wildman–Crippen LogP) is 5.60. The summed E-state index contributed by atoms with van der Waals surface area (Å²) in [6, 6.07) is 15.4. The molecule has 2 nitrogen and oxygen atoms in total. The summed E-state index contributed by atoms with van der Waals surface area (Å²) >= 11 is 0. The number of hydrogen-bond acceptors (Lipinski definition) is 2. The van der Waals surface area contributed by atoms with Crippen molar-refractivity contribution in [3.63, 3.8) is 0 Å². The highest BCUT2D eigenvalue weighted by Gasteiger charge is 2.29. The van der Waals surface area contributed by atoms with Crippen LogP contribution in [-0.4, -0.2) is 11.6 Å². The van der Waals surface area contributed by atoms with Crippen molar-refractivity contribution in [3.8, 4) is 0 Å². The number of carbonyl (C=O) groups excluding carboxylic acids is 2. The Morgan fingerprint density at radius 2 is 1.59 bits per heavy atom. The highest BCUT2D eigenvalue weighted by atomic mass is 16.1. The second-order valence-electron chi connectivity index (χ2n) is 7.41. The first-order valence-corrected chi connectivity index (χ1v) is 9.40. The number of hydrogen-bond donors (Lipinski definition) is 0. The third-order valence-electron chi connectivity index (χ3n) is 5.47. The van der Waals surface area contributed by atoms with Crippen LogP contribution in [-0.2, 0) is 6.42 Å². The van der Waals surface area contributed by atoms with E-state index in [0.29, 0.717) is 34.6 Å². The second-order valence-corrected chi connectivity index (χ2v) is 7.41. The van der Waals surface area contributed by atoms with Crippen LogP contribution in [0.15, 0.2) is 77.9 Å². The van der Waals surface area contributed by atoms with E-state index in [2.05, 4.69) is 49.4 Å². The van der Waals surface area contributed by atoms with E-state index in [-0.39, 0.29) is 11.6 Å². The van der Waals surface area contributed by atoms with E-state index in [0.717, 1.165) is 12.0 Å². The van der Waals surface area contributed by atoms with E-state index in [1.807, 2.05) is 6.07 Å². The monoisotopic (exact) mass is 354 g/mol. The van der Waals surface area contributed by atoms with Gasteiger partial charge in [-0.15, -0.1) is 0 Å². The van der Waals surface area contributed by atoms with Crippen LogP contribution in [0.1, 0.15) is 52.1 Å². The zero-order valence-electron chi connectivity index (χ0n) is 15.7. The third-order valence-corrected chi connectivity index (χ3v) is 5.47. The molecule has 0 aliphatic heterocycles. The van der Waals surface area contributed by atoms with Gasteiger partial charge in [0.1, 0.15) is 0 Å². The Morgan fingerprint density at radius 3 is 2.22 bits per heavy atom. The van der Waals surface area contributed by atoms with Crippen molar-refractivity contribution in [2.45, 2.75) is 26.7 Å². The smallest absolute Gasteiger partial charge is 0.190 e. The molecule has 2 aliphatic rings. The molecule has 0 amide bonds. The molecular formula is C25H22O2. The minimum absolute atomic E-state index is 0.0290. The number of ketones is 2. The zero-order valence-corrected chi connectivity index (χ0v) is 15.7. The maximum absolute atomic E-state index is 12.9. The molecule has 0 aromatic heterocycles. The number of benzene rings is 2. The minimum Gasteiger partial charge on any atom is -0.289 e. The van der Waals surface area contributed by atoms with E-state index < -0.39 is 0 Å². The van der Waals surface area contributed by atoms with Crippen LogP contribution in [0, 0.1) is 5.92 Å². The second kappa shape index (κ2) is 6.96. The average molecular weight is 354 g/mol. The predicted molar refractivity (Wildman–Crippen MR) is 109 cm³/mol. The van der Waals surface area contributed by atoms with Crippen molar-refractivity contribution < 1.29 is 9.59 Å². The lowest BCUT2D eigenvalue weighted by molar-refractivity contribution is 0.0973. The van der Waals surface area contributed by atoms with Gasteiger partial charge in [-0.25, -0.2) is 0 Å². The molecule has 0 saturated carbocycles. The average Bonchev–Trinajstić information content (AvgIpc) is 2.71. The number of fused-ring (bicyclic) bond motifs is 1. The first kappa shape index (κ1) is 17.4. The minimum atomic E-state index is -0.0385. The fraction of sp³-hybridized carbons (Fsp3) is 0.200. The summed E-state index contributed by atoms with van der Waals surface area (Å²) in [7, 11) is 0. The zero-order chi connectivity index (χ0) is 19.0. The van der Waals surface area contributed by atoms with E-state index in [1.54, 1.807) is 25.1 Å². The van der Waals surface area contributed by atoms with Gasteiger partial charge in [-0.1, -0.05) is 73.7 Å². The van der Waals surface area contributed by atoms with Crippen molar-refractivity contribution in [1.29, 1.82) is 0 Å². The fourth-order valence-electron chi connectivity index (χ4n) is 3.72. The fourth-order valence-corrected chi connectivity index (χ4v) is 3.72. The Labute approximate surface area is 159 Å². The van der Waals surface area contributed by atoms with Gasteiger partial charge in [-0.05, 0) is 36.0 Å². The molecule has 134 valence electrons. The van der Waals surface area contributed by atoms with E-state index in [4.69, 9.17) is 0 Å². The van der Waals surface area contributed by atoms with Crippen LogP contribution in [0.4, 0.5) is 0 Å². The standard InChI is InChI=1S/C25H22O2/c1-16-7-11-19(12-8-16)20-13-9-18(10-14-20)15-23-17(2)24(26)21-5-3-4-6-22(21)25(23)27/h3-7,9-14,16H,8,15H2,1-2H3. The molecule has 2 aliphatic carbocycles. The normalized spacial score (nSPS) is 19.2. The Kier molecular flexibility index (Phi) is 4.49. The van der Waals surface area contributed by atoms with E-state index in [9.17, 15) is 9.59 Å². The van der Waals surface area contributed by atoms with Gasteiger partial charge >= 0.3 is 0 Å². The lowest BCUT2D eigenvalue weighted by atomic mass is 9.82. The summed E-state index contributed by atoms with van der Waals surface area (Å²) in [5, 5.41) is 0. The SMILES string of the molecule is CC1=C(Cc2ccc(C3=CCC(C)C=C3)cc2)C(=O)c2ccccc2C1=O. The van der Waals surface area contributed by atoms with Gasteiger partial charge in [-0.3, -0.25) is 9.59 Å². The van der Waals surface area contributed by atoms with Gasteiger partial charge < -0.3 is 0 Å². The van der Waals surface area contributed by atoms with Crippen LogP contribution >= 0.6 is 0 Å². The molecule has 1 atom stereocenters. The van der Waals surface area contributed by atoms with Gasteiger partial charge in [0.25, 0.3) is 0 Å². The maximum atomic E-state index is 12.9. The van der Waals surface area contributed by atoms with Gasteiger partial charge in [-0.2, -0.15) is 0 Å². The van der Waals surface area contributed by atoms with Crippen LogP contribution in [0.3, 0.4) is 0 Å². The molecule has 0 heterocycles. The Balaban J connectivity index is 1.59. The highest BCUT2D eigenvalue weighted by molar-refractivity contribution is 6.26. The summed E-state index contributed by atoms with van der Waals surface area (Å²) in [4.78, 5) is 25.5. The van der Waals surface area contributed by atoms with Crippen LogP contribution in [0.25, 0.3) is 5.57 Å². The molecule has 2 aromatic rings. The molecule has 0 N–H and O–H groups in total. The van der Waals surface area contributed by atoms with Crippen molar-refractivity contribution in [2.75, 3.05) is 0 Å².